The van der Waals surface area contributed by atoms with Crippen LogP contribution in [0.25, 0.3) is 82.8 Å². The molecule has 0 spiro atoms. The summed E-state index contributed by atoms with van der Waals surface area (Å²) in [7, 11) is 0. The maximum atomic E-state index is 6.73. The van der Waals surface area contributed by atoms with Crippen molar-refractivity contribution in [3.63, 3.8) is 0 Å². The molecule has 11 aromatic carbocycles. The van der Waals surface area contributed by atoms with Gasteiger partial charge in [-0.15, -0.1) is 0 Å². The van der Waals surface area contributed by atoms with Gasteiger partial charge in [-0.3, -0.25) is 0 Å². The smallest absolute Gasteiger partial charge is 0.252 e. The first-order valence-corrected chi connectivity index (χ1v) is 29.8. The number of aromatic nitrogens is 1. The number of nitrogens with zero attached hydrogens (tertiary/aromatic N) is 3. The summed E-state index contributed by atoms with van der Waals surface area (Å²) in [6.07, 6.45) is 3.05. The highest BCUT2D eigenvalue weighted by molar-refractivity contribution is 7.00. The van der Waals surface area contributed by atoms with Gasteiger partial charge in [0.05, 0.1) is 22.4 Å². The zero-order valence-electron chi connectivity index (χ0n) is 48.5. The van der Waals surface area contributed by atoms with E-state index < -0.39 is 0 Å². The lowest BCUT2D eigenvalue weighted by Gasteiger charge is -2.46. The largest absolute Gasteiger partial charge is 0.456 e. The molecular formula is C78H66BN3O. The summed E-state index contributed by atoms with van der Waals surface area (Å²) in [5, 5.41) is 4.75. The predicted octanol–water partition coefficient (Wildman–Crippen LogP) is 19.7. The monoisotopic (exact) mass is 1070 g/mol. The van der Waals surface area contributed by atoms with Crippen molar-refractivity contribution < 1.29 is 4.42 Å². The third-order valence-electron chi connectivity index (χ3n) is 17.9. The van der Waals surface area contributed by atoms with E-state index in [1.54, 1.807) is 0 Å². The maximum Gasteiger partial charge on any atom is 0.252 e. The molecule has 15 rings (SSSR count). The second-order valence-electron chi connectivity index (χ2n) is 25.1. The number of aryl methyl sites for hydroxylation is 1. The number of unbranched alkanes of at least 4 members (excludes halogenated alkanes) is 1. The van der Waals surface area contributed by atoms with E-state index in [-0.39, 0.29) is 17.5 Å². The van der Waals surface area contributed by atoms with Crippen molar-refractivity contribution in [3.8, 4) is 39.1 Å². The van der Waals surface area contributed by atoms with Gasteiger partial charge in [-0.2, -0.15) is 0 Å². The normalized spacial score (nSPS) is 13.1. The second kappa shape index (κ2) is 19.4. The molecule has 0 amide bonds. The van der Waals surface area contributed by atoms with Crippen molar-refractivity contribution in [2.45, 2.75) is 78.6 Å². The highest BCUT2D eigenvalue weighted by atomic mass is 16.3. The summed E-state index contributed by atoms with van der Waals surface area (Å²) >= 11 is 0. The van der Waals surface area contributed by atoms with Gasteiger partial charge < -0.3 is 18.8 Å². The van der Waals surface area contributed by atoms with E-state index in [2.05, 4.69) is 299 Å². The molecule has 0 radical (unpaired) electrons. The minimum Gasteiger partial charge on any atom is -0.456 e. The van der Waals surface area contributed by atoms with Crippen LogP contribution in [-0.2, 0) is 17.3 Å². The van der Waals surface area contributed by atoms with Gasteiger partial charge in [0.25, 0.3) is 6.71 Å². The average molecular weight is 1070 g/mol. The summed E-state index contributed by atoms with van der Waals surface area (Å²) in [5.74, 6) is 0. The molecule has 0 bridgehead atoms. The number of furan rings is 1. The molecule has 0 aliphatic carbocycles. The van der Waals surface area contributed by atoms with Crippen LogP contribution in [0.1, 0.15) is 78.0 Å². The van der Waals surface area contributed by atoms with E-state index >= 15 is 0 Å². The molecule has 402 valence electrons. The second-order valence-corrected chi connectivity index (χ2v) is 25.1. The van der Waals surface area contributed by atoms with Gasteiger partial charge in [0.2, 0.25) is 0 Å². The maximum absolute atomic E-state index is 6.73. The molecule has 5 heteroatoms. The Morgan fingerprint density at radius 3 is 1.57 bits per heavy atom. The lowest BCUT2D eigenvalue weighted by Crippen LogP contribution is -2.61. The Balaban J connectivity index is 1.12. The van der Waals surface area contributed by atoms with Crippen LogP contribution in [0.5, 0.6) is 0 Å². The van der Waals surface area contributed by atoms with Crippen molar-refractivity contribution in [3.05, 3.63) is 253 Å². The zero-order valence-corrected chi connectivity index (χ0v) is 48.5. The molecule has 0 saturated carbocycles. The Morgan fingerprint density at radius 2 is 0.952 bits per heavy atom. The predicted molar refractivity (Wildman–Crippen MR) is 354 cm³/mol. The third-order valence-corrected chi connectivity index (χ3v) is 17.9. The zero-order chi connectivity index (χ0) is 56.3. The number of benzene rings is 11. The van der Waals surface area contributed by atoms with E-state index in [0.717, 1.165) is 58.3 Å². The summed E-state index contributed by atoms with van der Waals surface area (Å²) in [6.45, 7) is 16.3. The van der Waals surface area contributed by atoms with E-state index in [9.17, 15) is 0 Å². The number of rotatable bonds is 9. The molecule has 4 nitrogen and oxygen atoms in total. The number of fused-ring (bicyclic) bond motifs is 10. The minimum absolute atomic E-state index is 0.144. The molecule has 2 aliphatic heterocycles. The fourth-order valence-corrected chi connectivity index (χ4v) is 13.6. The average Bonchev–Trinajstić information content (AvgIpc) is 4.12. The molecule has 83 heavy (non-hydrogen) atoms. The molecule has 0 fully saturated rings. The summed E-state index contributed by atoms with van der Waals surface area (Å²) in [6, 6.07) is 89.2. The van der Waals surface area contributed by atoms with Crippen molar-refractivity contribution in [2.75, 3.05) is 9.80 Å². The minimum atomic E-state index is -0.239. The molecule has 2 aliphatic rings. The molecule has 2 aromatic heterocycles. The van der Waals surface area contributed by atoms with Crippen molar-refractivity contribution in [1.82, 2.24) is 4.57 Å². The van der Waals surface area contributed by atoms with Crippen LogP contribution in [-0.4, -0.2) is 11.3 Å². The van der Waals surface area contributed by atoms with Gasteiger partial charge in [0, 0.05) is 61.1 Å². The first-order valence-electron chi connectivity index (χ1n) is 29.8. The Hall–Kier alpha value is -9.32. The van der Waals surface area contributed by atoms with E-state index in [1.807, 2.05) is 0 Å². The van der Waals surface area contributed by atoms with Gasteiger partial charge in [0.1, 0.15) is 11.2 Å². The van der Waals surface area contributed by atoms with Crippen LogP contribution in [0, 0.1) is 0 Å². The first-order chi connectivity index (χ1) is 40.4. The lowest BCUT2D eigenvalue weighted by atomic mass is 9.33. The van der Waals surface area contributed by atoms with Crippen LogP contribution in [0.3, 0.4) is 0 Å². The van der Waals surface area contributed by atoms with Crippen LogP contribution >= 0.6 is 0 Å². The van der Waals surface area contributed by atoms with Gasteiger partial charge in [0.15, 0.2) is 0 Å². The number of hydrogen-bond acceptors (Lipinski definition) is 3. The first kappa shape index (κ1) is 50.6. The number of anilines is 6. The van der Waals surface area contributed by atoms with Crippen LogP contribution in [0.2, 0.25) is 0 Å². The van der Waals surface area contributed by atoms with Crippen LogP contribution < -0.4 is 26.2 Å². The Kier molecular flexibility index (Phi) is 11.8. The third kappa shape index (κ3) is 8.26. The lowest BCUT2D eigenvalue weighted by molar-refractivity contribution is 0.590. The molecular weight excluding hydrogens is 1010 g/mol. The fourth-order valence-electron chi connectivity index (χ4n) is 13.6. The van der Waals surface area contributed by atoms with E-state index in [4.69, 9.17) is 4.42 Å². The Bertz CT molecular complexity index is 4580. The van der Waals surface area contributed by atoms with Crippen LogP contribution in [0.4, 0.5) is 34.1 Å². The standard InChI is InChI=1S/C78H66BN3O/c1-8-9-25-54-43-74-63(60-34-21-24-37-73(60)83-74)49-69(54)81-68-41-38-53(50-26-13-10-14-27-50)42-65(68)79-64-40-39-57(80-66-35-22-19-32-58(66)59-33-20-23-36-67(59)80)48-70(64)82(72-47-56(78(5,6)7)46-71(81)75(72)79)76-61(51-28-15-11-16-29-51)44-55(77(2,3)4)45-62(76)52-30-17-12-18-31-52/h10-24,26-49H,8-9,25H2,1-7H3. The highest BCUT2D eigenvalue weighted by Gasteiger charge is 2.46. The quantitative estimate of drug-likeness (QED) is 0.135. The van der Waals surface area contributed by atoms with Crippen molar-refractivity contribution in [1.29, 1.82) is 0 Å². The topological polar surface area (TPSA) is 24.6 Å². The van der Waals surface area contributed by atoms with Gasteiger partial charge in [-0.1, -0.05) is 219 Å². The summed E-state index contributed by atoms with van der Waals surface area (Å²) < 4.78 is 9.22. The summed E-state index contributed by atoms with van der Waals surface area (Å²) in [4.78, 5) is 5.37. The van der Waals surface area contributed by atoms with Crippen LogP contribution in [0.15, 0.2) is 241 Å². The molecule has 0 N–H and O–H groups in total. The highest BCUT2D eigenvalue weighted by Crippen LogP contribution is 2.53. The molecule has 13 aromatic rings. The Labute approximate surface area is 488 Å². The summed E-state index contributed by atoms with van der Waals surface area (Å²) in [5.41, 5.74) is 26.9. The molecule has 0 saturated heterocycles. The van der Waals surface area contributed by atoms with Crippen molar-refractivity contribution >= 4 is 101 Å². The number of hydrogen-bond donors (Lipinski definition) is 0. The fraction of sp³-hybridized carbons (Fsp3) is 0.154. The SMILES string of the molecule is CCCCc1cc2oc3ccccc3c2cc1N1c2ccc(-c3ccccc3)cc2B2c3ccc(-n4c5ccccc5c5ccccc54)cc3N(c3c(-c4ccccc4)cc(C(C)(C)C)cc3-c3ccccc3)c3cc(C(C)(C)C)cc1c32. The molecule has 4 heterocycles. The van der Waals surface area contributed by atoms with Crippen molar-refractivity contribution in [2.24, 2.45) is 0 Å². The molecule has 0 atom stereocenters. The van der Waals surface area contributed by atoms with Gasteiger partial charge in [-0.25, -0.2) is 0 Å². The number of para-hydroxylation sites is 3. The van der Waals surface area contributed by atoms with Gasteiger partial charge >= 0.3 is 0 Å². The van der Waals surface area contributed by atoms with Gasteiger partial charge in [-0.05, 0) is 152 Å². The van der Waals surface area contributed by atoms with E-state index in [1.165, 1.54) is 111 Å². The Morgan fingerprint density at radius 1 is 0.398 bits per heavy atom. The molecule has 0 unspecified atom stereocenters. The van der Waals surface area contributed by atoms with E-state index in [0.29, 0.717) is 0 Å².